The topological polar surface area (TPSA) is 53.0 Å². The molecule has 0 fully saturated rings. The van der Waals surface area contributed by atoms with E-state index in [2.05, 4.69) is 9.97 Å². The SMILES string of the molecule is [N]CCCCn1cnc(-c2cccnc2)c1. The first-order valence-corrected chi connectivity index (χ1v) is 5.43. The van der Waals surface area contributed by atoms with Crippen LogP contribution in [0.15, 0.2) is 37.1 Å². The van der Waals surface area contributed by atoms with Crippen molar-refractivity contribution in [2.75, 3.05) is 6.54 Å². The third kappa shape index (κ3) is 2.67. The lowest BCUT2D eigenvalue weighted by molar-refractivity contribution is 0.611. The first-order valence-electron chi connectivity index (χ1n) is 5.43. The fourth-order valence-corrected chi connectivity index (χ4v) is 1.55. The summed E-state index contributed by atoms with van der Waals surface area (Å²) in [7, 11) is 0. The molecule has 0 unspecified atom stereocenters. The molecule has 2 heterocycles. The van der Waals surface area contributed by atoms with Gasteiger partial charge < -0.3 is 4.57 Å². The second kappa shape index (κ2) is 5.42. The number of unbranched alkanes of at least 4 members (excludes halogenated alkanes) is 1. The summed E-state index contributed by atoms with van der Waals surface area (Å²) in [4.78, 5) is 8.39. The van der Waals surface area contributed by atoms with Gasteiger partial charge in [0.05, 0.1) is 12.0 Å². The molecule has 2 aromatic rings. The van der Waals surface area contributed by atoms with E-state index < -0.39 is 0 Å². The maximum absolute atomic E-state index is 8.69. The van der Waals surface area contributed by atoms with Gasteiger partial charge in [0, 0.05) is 37.2 Å². The fraction of sp³-hybridized carbons (Fsp3) is 0.333. The van der Waals surface area contributed by atoms with Crippen LogP contribution in [0.25, 0.3) is 11.3 Å². The average molecular weight is 214 g/mol. The van der Waals surface area contributed by atoms with Crippen molar-refractivity contribution in [3.8, 4) is 11.3 Å². The van der Waals surface area contributed by atoms with Crippen molar-refractivity contribution < 1.29 is 0 Å². The summed E-state index contributed by atoms with van der Waals surface area (Å²) >= 11 is 0. The van der Waals surface area contributed by atoms with Crippen LogP contribution in [0.3, 0.4) is 0 Å². The van der Waals surface area contributed by atoms with Crippen molar-refractivity contribution in [2.24, 2.45) is 0 Å². The molecule has 0 N–H and O–H groups in total. The van der Waals surface area contributed by atoms with Crippen LogP contribution >= 0.6 is 0 Å². The number of rotatable bonds is 5. The minimum Gasteiger partial charge on any atom is -0.337 e. The lowest BCUT2D eigenvalue weighted by Gasteiger charge is -1.99. The Balaban J connectivity index is 2.02. The van der Waals surface area contributed by atoms with Crippen molar-refractivity contribution in [2.45, 2.75) is 19.4 Å². The van der Waals surface area contributed by atoms with Crippen molar-refractivity contribution in [3.05, 3.63) is 37.1 Å². The molecule has 0 saturated carbocycles. The molecule has 0 spiro atoms. The minimum atomic E-state index is 0.254. The summed E-state index contributed by atoms with van der Waals surface area (Å²) in [5.41, 5.74) is 10.7. The van der Waals surface area contributed by atoms with Gasteiger partial charge in [0.25, 0.3) is 0 Å². The first-order chi connectivity index (χ1) is 7.90. The zero-order chi connectivity index (χ0) is 11.2. The molecule has 4 nitrogen and oxygen atoms in total. The molecule has 0 aliphatic carbocycles. The van der Waals surface area contributed by atoms with E-state index in [1.54, 1.807) is 12.4 Å². The molecule has 2 radical (unpaired) electrons. The summed E-state index contributed by atoms with van der Waals surface area (Å²) in [6.07, 6.45) is 9.19. The second-order valence-electron chi connectivity index (χ2n) is 3.67. The van der Waals surface area contributed by atoms with Gasteiger partial charge in [-0.1, -0.05) is 0 Å². The third-order valence-corrected chi connectivity index (χ3v) is 2.41. The lowest BCUT2D eigenvalue weighted by atomic mass is 10.2. The highest BCUT2D eigenvalue weighted by atomic mass is 15.0. The van der Waals surface area contributed by atoms with Gasteiger partial charge in [0.1, 0.15) is 0 Å². The van der Waals surface area contributed by atoms with E-state index in [0.717, 1.165) is 30.6 Å². The van der Waals surface area contributed by atoms with Gasteiger partial charge in [-0.15, -0.1) is 5.73 Å². The fourth-order valence-electron chi connectivity index (χ4n) is 1.55. The van der Waals surface area contributed by atoms with Crippen molar-refractivity contribution in [3.63, 3.8) is 0 Å². The van der Waals surface area contributed by atoms with Gasteiger partial charge >= 0.3 is 0 Å². The van der Waals surface area contributed by atoms with E-state index in [-0.39, 0.29) is 6.54 Å². The summed E-state index contributed by atoms with van der Waals surface area (Å²) in [6, 6.07) is 3.90. The molecular formula is C12H14N4. The lowest BCUT2D eigenvalue weighted by Crippen LogP contribution is -1.96. The van der Waals surface area contributed by atoms with Gasteiger partial charge in [-0.05, 0) is 25.0 Å². The number of hydrogen-bond acceptors (Lipinski definition) is 2. The number of pyridine rings is 1. The van der Waals surface area contributed by atoms with Gasteiger partial charge in [0.2, 0.25) is 0 Å². The van der Waals surface area contributed by atoms with Gasteiger partial charge in [0.15, 0.2) is 0 Å². The Morgan fingerprint density at radius 3 is 3.00 bits per heavy atom. The zero-order valence-corrected chi connectivity index (χ0v) is 9.08. The standard InChI is InChI=1S/C12H14N4/c13-5-1-2-7-16-9-12(15-10-16)11-4-3-6-14-8-11/h3-4,6,8-10H,1-2,5,7H2. The minimum absolute atomic E-state index is 0.254. The van der Waals surface area contributed by atoms with Crippen LogP contribution in [0.5, 0.6) is 0 Å². The van der Waals surface area contributed by atoms with Crippen LogP contribution in [-0.2, 0) is 6.54 Å². The Labute approximate surface area is 95.1 Å². The van der Waals surface area contributed by atoms with Gasteiger partial charge in [-0.2, -0.15) is 0 Å². The summed E-state index contributed by atoms with van der Waals surface area (Å²) in [5.74, 6) is 0. The predicted molar refractivity (Wildman–Crippen MR) is 61.7 cm³/mol. The highest BCUT2D eigenvalue weighted by Gasteiger charge is 2.01. The molecule has 0 atom stereocenters. The molecule has 2 aromatic heterocycles. The number of imidazole rings is 1. The Kier molecular flexibility index (Phi) is 3.66. The Bertz CT molecular complexity index is 422. The smallest absolute Gasteiger partial charge is 0.0953 e. The quantitative estimate of drug-likeness (QED) is 0.712. The van der Waals surface area contributed by atoms with E-state index in [0.29, 0.717) is 0 Å². The van der Waals surface area contributed by atoms with Crippen molar-refractivity contribution >= 4 is 0 Å². The monoisotopic (exact) mass is 214 g/mol. The van der Waals surface area contributed by atoms with Crippen LogP contribution in [-0.4, -0.2) is 21.1 Å². The summed E-state index contributed by atoms with van der Waals surface area (Å²) in [5, 5.41) is 0. The third-order valence-electron chi connectivity index (χ3n) is 2.41. The summed E-state index contributed by atoms with van der Waals surface area (Å²) in [6.45, 7) is 1.15. The average Bonchev–Trinajstić information content (AvgIpc) is 2.79. The maximum atomic E-state index is 8.69. The van der Waals surface area contributed by atoms with Crippen LogP contribution in [0.2, 0.25) is 0 Å². The van der Waals surface area contributed by atoms with Crippen molar-refractivity contribution in [1.82, 2.24) is 20.3 Å². The number of nitrogens with zero attached hydrogens (tertiary/aromatic N) is 4. The molecule has 0 saturated heterocycles. The molecular weight excluding hydrogens is 200 g/mol. The predicted octanol–water partition coefficient (Wildman–Crippen LogP) is 1.79. The molecule has 4 heteroatoms. The highest BCUT2D eigenvalue weighted by Crippen LogP contribution is 2.14. The second-order valence-corrected chi connectivity index (χ2v) is 3.67. The van der Waals surface area contributed by atoms with Gasteiger partial charge in [-0.25, -0.2) is 4.98 Å². The number of aromatic nitrogens is 3. The molecule has 0 aliphatic rings. The zero-order valence-electron chi connectivity index (χ0n) is 9.08. The van der Waals surface area contributed by atoms with Crippen LogP contribution in [0, 0.1) is 0 Å². The van der Waals surface area contributed by atoms with E-state index in [9.17, 15) is 0 Å². The van der Waals surface area contributed by atoms with Gasteiger partial charge in [-0.3, -0.25) is 4.98 Å². The molecule has 16 heavy (non-hydrogen) atoms. The Hall–Kier alpha value is -1.68. The van der Waals surface area contributed by atoms with Crippen LogP contribution < -0.4 is 5.73 Å². The highest BCUT2D eigenvalue weighted by molar-refractivity contribution is 5.56. The summed E-state index contributed by atoms with van der Waals surface area (Å²) < 4.78 is 2.04. The first kappa shape index (κ1) is 10.8. The Morgan fingerprint density at radius 1 is 1.31 bits per heavy atom. The Morgan fingerprint density at radius 2 is 2.25 bits per heavy atom. The molecule has 82 valence electrons. The number of hydrogen-bond donors (Lipinski definition) is 0. The van der Waals surface area contributed by atoms with Crippen LogP contribution in [0.1, 0.15) is 12.8 Å². The molecule has 0 amide bonds. The molecule has 2 rings (SSSR count). The van der Waals surface area contributed by atoms with E-state index >= 15 is 0 Å². The van der Waals surface area contributed by atoms with Crippen LogP contribution in [0.4, 0.5) is 0 Å². The van der Waals surface area contributed by atoms with E-state index in [1.165, 1.54) is 0 Å². The van der Waals surface area contributed by atoms with E-state index in [4.69, 9.17) is 5.73 Å². The molecule has 0 bridgehead atoms. The van der Waals surface area contributed by atoms with E-state index in [1.807, 2.05) is 29.2 Å². The van der Waals surface area contributed by atoms with Crippen molar-refractivity contribution in [1.29, 1.82) is 0 Å². The largest absolute Gasteiger partial charge is 0.337 e. The molecule has 0 aromatic carbocycles. The molecule has 0 aliphatic heterocycles. The number of aryl methyl sites for hydroxylation is 1. The normalized spacial score (nSPS) is 10.6. The maximum Gasteiger partial charge on any atom is 0.0953 e.